The molecule has 22 heavy (non-hydrogen) atoms. The Bertz CT molecular complexity index is 704. The molecule has 0 bridgehead atoms. The summed E-state index contributed by atoms with van der Waals surface area (Å²) in [5, 5.41) is 0. The van der Waals surface area contributed by atoms with Gasteiger partial charge < -0.3 is 9.64 Å². The van der Waals surface area contributed by atoms with Crippen molar-refractivity contribution >= 4 is 5.91 Å². The second-order valence-corrected chi connectivity index (χ2v) is 5.93. The molecule has 0 saturated carbocycles. The average Bonchev–Trinajstić information content (AvgIpc) is 3.15. The minimum Gasteiger partial charge on any atom is -0.364 e. The van der Waals surface area contributed by atoms with Crippen LogP contribution in [-0.2, 0) is 28.2 Å². The van der Waals surface area contributed by atoms with E-state index in [4.69, 9.17) is 4.74 Å². The second kappa shape index (κ2) is 5.18. The van der Waals surface area contributed by atoms with Crippen LogP contribution in [0.1, 0.15) is 23.1 Å². The first-order valence-electron chi connectivity index (χ1n) is 7.51. The predicted molar refractivity (Wildman–Crippen MR) is 79.8 cm³/mol. The first-order valence-corrected chi connectivity index (χ1v) is 7.51. The SMILES string of the molecule is O=C(Cc1cncnc1)N1CCC2(C1)OCc1ccccc12. The second-order valence-electron chi connectivity index (χ2n) is 5.93. The van der Waals surface area contributed by atoms with Crippen LogP contribution < -0.4 is 0 Å². The van der Waals surface area contributed by atoms with Crippen molar-refractivity contribution in [2.75, 3.05) is 13.1 Å². The molecule has 112 valence electrons. The van der Waals surface area contributed by atoms with E-state index < -0.39 is 0 Å². The van der Waals surface area contributed by atoms with Gasteiger partial charge in [-0.25, -0.2) is 9.97 Å². The summed E-state index contributed by atoms with van der Waals surface area (Å²) in [5.74, 6) is 0.111. The number of fused-ring (bicyclic) bond motifs is 2. The molecule has 1 atom stereocenters. The smallest absolute Gasteiger partial charge is 0.227 e. The van der Waals surface area contributed by atoms with Crippen LogP contribution in [-0.4, -0.2) is 33.9 Å². The van der Waals surface area contributed by atoms with E-state index in [2.05, 4.69) is 22.1 Å². The van der Waals surface area contributed by atoms with Gasteiger partial charge in [0, 0.05) is 18.9 Å². The van der Waals surface area contributed by atoms with Gasteiger partial charge in [0.25, 0.3) is 0 Å². The number of aromatic nitrogens is 2. The van der Waals surface area contributed by atoms with E-state index in [0.29, 0.717) is 19.6 Å². The zero-order chi connectivity index (χ0) is 15.0. The number of nitrogens with zero attached hydrogens (tertiary/aromatic N) is 3. The van der Waals surface area contributed by atoms with E-state index in [9.17, 15) is 4.79 Å². The fraction of sp³-hybridized carbons (Fsp3) is 0.353. The summed E-state index contributed by atoms with van der Waals surface area (Å²) in [6.07, 6.45) is 6.07. The summed E-state index contributed by atoms with van der Waals surface area (Å²) in [6, 6.07) is 8.31. The van der Waals surface area contributed by atoms with Crippen molar-refractivity contribution < 1.29 is 9.53 Å². The molecule has 1 saturated heterocycles. The van der Waals surface area contributed by atoms with E-state index in [0.717, 1.165) is 18.5 Å². The normalized spacial score (nSPS) is 23.0. The molecule has 1 fully saturated rings. The third-order valence-electron chi connectivity index (χ3n) is 4.57. The number of hydrogen-bond acceptors (Lipinski definition) is 4. The number of ether oxygens (including phenoxy) is 1. The lowest BCUT2D eigenvalue weighted by Crippen LogP contribution is -2.35. The number of carbonyl (C=O) groups is 1. The van der Waals surface area contributed by atoms with Gasteiger partial charge in [0.15, 0.2) is 0 Å². The molecule has 1 amide bonds. The highest BCUT2D eigenvalue weighted by Gasteiger charge is 2.46. The molecule has 2 aliphatic heterocycles. The molecule has 0 radical (unpaired) electrons. The van der Waals surface area contributed by atoms with Gasteiger partial charge >= 0.3 is 0 Å². The third kappa shape index (κ3) is 2.18. The molecule has 4 rings (SSSR count). The van der Waals surface area contributed by atoms with Crippen molar-refractivity contribution in [3.8, 4) is 0 Å². The molecular weight excluding hydrogens is 278 g/mol. The summed E-state index contributed by atoms with van der Waals surface area (Å²) in [7, 11) is 0. The van der Waals surface area contributed by atoms with Crippen LogP contribution in [0.5, 0.6) is 0 Å². The standard InChI is InChI=1S/C17H17N3O2/c21-16(7-13-8-18-12-19-9-13)20-6-5-17(11-20)15-4-2-1-3-14(15)10-22-17/h1-4,8-9,12H,5-7,10-11H2. The minimum absolute atomic E-state index is 0.111. The number of rotatable bonds is 2. The summed E-state index contributed by atoms with van der Waals surface area (Å²) in [4.78, 5) is 22.3. The van der Waals surface area contributed by atoms with Crippen molar-refractivity contribution in [3.63, 3.8) is 0 Å². The van der Waals surface area contributed by atoms with Crippen LogP contribution in [0.15, 0.2) is 43.0 Å². The Balaban J connectivity index is 1.50. The zero-order valence-corrected chi connectivity index (χ0v) is 12.2. The Hall–Kier alpha value is -2.27. The highest BCUT2D eigenvalue weighted by Crippen LogP contribution is 2.43. The monoisotopic (exact) mass is 295 g/mol. The topological polar surface area (TPSA) is 55.3 Å². The van der Waals surface area contributed by atoms with Gasteiger partial charge in [-0.15, -0.1) is 0 Å². The maximum Gasteiger partial charge on any atom is 0.227 e. The number of hydrogen-bond donors (Lipinski definition) is 0. The van der Waals surface area contributed by atoms with Crippen LogP contribution in [0.3, 0.4) is 0 Å². The zero-order valence-electron chi connectivity index (χ0n) is 12.2. The van der Waals surface area contributed by atoms with Crippen LogP contribution >= 0.6 is 0 Å². The summed E-state index contributed by atoms with van der Waals surface area (Å²) in [6.45, 7) is 2.02. The molecule has 2 aromatic rings. The molecular formula is C17H17N3O2. The van der Waals surface area contributed by atoms with E-state index >= 15 is 0 Å². The maximum atomic E-state index is 12.5. The minimum atomic E-state index is -0.306. The number of carbonyl (C=O) groups excluding carboxylic acids is 1. The van der Waals surface area contributed by atoms with Gasteiger partial charge in [-0.3, -0.25) is 4.79 Å². The molecule has 0 N–H and O–H groups in total. The first-order chi connectivity index (χ1) is 10.8. The van der Waals surface area contributed by atoms with E-state index in [1.165, 1.54) is 17.5 Å². The highest BCUT2D eigenvalue weighted by atomic mass is 16.5. The molecule has 5 nitrogen and oxygen atoms in total. The van der Waals surface area contributed by atoms with Gasteiger partial charge in [0.05, 0.1) is 19.6 Å². The Kier molecular flexibility index (Phi) is 3.15. The number of benzene rings is 1. The predicted octanol–water partition coefficient (Wildman–Crippen LogP) is 1.68. The summed E-state index contributed by atoms with van der Waals surface area (Å²) < 4.78 is 6.08. The van der Waals surface area contributed by atoms with Crippen LogP contribution in [0.25, 0.3) is 0 Å². The largest absolute Gasteiger partial charge is 0.364 e. The average molecular weight is 295 g/mol. The lowest BCUT2D eigenvalue weighted by Gasteiger charge is -2.24. The van der Waals surface area contributed by atoms with Gasteiger partial charge in [-0.05, 0) is 23.1 Å². The molecule has 0 aliphatic carbocycles. The van der Waals surface area contributed by atoms with E-state index in [-0.39, 0.29) is 11.5 Å². The fourth-order valence-electron chi connectivity index (χ4n) is 3.42. The molecule has 1 unspecified atom stereocenters. The Morgan fingerprint density at radius 2 is 2.09 bits per heavy atom. The highest BCUT2D eigenvalue weighted by molar-refractivity contribution is 5.79. The van der Waals surface area contributed by atoms with Crippen LogP contribution in [0.2, 0.25) is 0 Å². The van der Waals surface area contributed by atoms with Gasteiger partial charge in [-0.1, -0.05) is 24.3 Å². The first kappa shape index (κ1) is 13.4. The van der Waals surface area contributed by atoms with Crippen LogP contribution in [0.4, 0.5) is 0 Å². The van der Waals surface area contributed by atoms with Gasteiger partial charge in [0.1, 0.15) is 11.9 Å². The summed E-state index contributed by atoms with van der Waals surface area (Å²) >= 11 is 0. The quantitative estimate of drug-likeness (QED) is 0.846. The van der Waals surface area contributed by atoms with Crippen molar-refractivity contribution in [1.82, 2.24) is 14.9 Å². The molecule has 5 heteroatoms. The molecule has 3 heterocycles. The third-order valence-corrected chi connectivity index (χ3v) is 4.57. The molecule has 1 aromatic carbocycles. The Morgan fingerprint density at radius 3 is 2.95 bits per heavy atom. The Labute approximate surface area is 129 Å². The van der Waals surface area contributed by atoms with Crippen LogP contribution in [0, 0.1) is 0 Å². The van der Waals surface area contributed by atoms with Gasteiger partial charge in [0.2, 0.25) is 5.91 Å². The molecule has 1 aromatic heterocycles. The van der Waals surface area contributed by atoms with E-state index in [1.54, 1.807) is 12.4 Å². The number of amides is 1. The van der Waals surface area contributed by atoms with Crippen molar-refractivity contribution in [2.45, 2.75) is 25.0 Å². The van der Waals surface area contributed by atoms with Gasteiger partial charge in [-0.2, -0.15) is 0 Å². The maximum absolute atomic E-state index is 12.5. The Morgan fingerprint density at radius 1 is 1.27 bits per heavy atom. The molecule has 2 aliphatic rings. The number of likely N-dealkylation sites (tertiary alicyclic amines) is 1. The lowest BCUT2D eigenvalue weighted by atomic mass is 9.92. The van der Waals surface area contributed by atoms with Crippen molar-refractivity contribution in [2.24, 2.45) is 0 Å². The van der Waals surface area contributed by atoms with Crippen molar-refractivity contribution in [1.29, 1.82) is 0 Å². The summed E-state index contributed by atoms with van der Waals surface area (Å²) in [5.41, 5.74) is 3.03. The van der Waals surface area contributed by atoms with Crippen molar-refractivity contribution in [3.05, 3.63) is 59.7 Å². The molecule has 1 spiro atoms. The fourth-order valence-corrected chi connectivity index (χ4v) is 3.42. The van der Waals surface area contributed by atoms with E-state index in [1.807, 2.05) is 17.0 Å². The lowest BCUT2D eigenvalue weighted by molar-refractivity contribution is -0.131.